The lowest BCUT2D eigenvalue weighted by Crippen LogP contribution is -2.24. The average molecular weight is 255 g/mol. The third-order valence-electron chi connectivity index (χ3n) is 3.36. The number of nitrogens with zero attached hydrogens (tertiary/aromatic N) is 1. The zero-order valence-electron chi connectivity index (χ0n) is 10.9. The molecule has 0 fully saturated rings. The van der Waals surface area contributed by atoms with Crippen LogP contribution < -0.4 is 15.4 Å². The predicted octanol–water partition coefficient (Wildman–Crippen LogP) is 2.48. The molecule has 0 bridgehead atoms. The van der Waals surface area contributed by atoms with Crippen LogP contribution in [-0.4, -0.2) is 18.6 Å². The van der Waals surface area contributed by atoms with E-state index in [4.69, 9.17) is 4.74 Å². The molecule has 98 valence electrons. The normalized spacial score (nSPS) is 13.7. The fraction of sp³-hybridized carbons (Fsp3) is 0.267. The van der Waals surface area contributed by atoms with Gasteiger partial charge in [-0.15, -0.1) is 0 Å². The van der Waals surface area contributed by atoms with Gasteiger partial charge in [0.25, 0.3) is 0 Å². The number of aromatic nitrogens is 1. The molecule has 0 saturated heterocycles. The quantitative estimate of drug-likeness (QED) is 0.884. The van der Waals surface area contributed by atoms with Crippen LogP contribution in [0.15, 0.2) is 36.5 Å². The highest BCUT2D eigenvalue weighted by atomic mass is 16.5. The highest BCUT2D eigenvalue weighted by Gasteiger charge is 2.12. The van der Waals surface area contributed by atoms with Crippen LogP contribution in [0.3, 0.4) is 0 Å². The second-order valence-corrected chi connectivity index (χ2v) is 4.58. The van der Waals surface area contributed by atoms with Crippen molar-refractivity contribution in [3.63, 3.8) is 0 Å². The van der Waals surface area contributed by atoms with Gasteiger partial charge in [-0.2, -0.15) is 0 Å². The van der Waals surface area contributed by atoms with Gasteiger partial charge in [-0.25, -0.2) is 4.98 Å². The van der Waals surface area contributed by atoms with Gasteiger partial charge in [0.1, 0.15) is 0 Å². The molecule has 1 aliphatic heterocycles. The molecule has 2 aromatic rings. The molecule has 0 amide bonds. The van der Waals surface area contributed by atoms with Crippen LogP contribution >= 0.6 is 0 Å². The first kappa shape index (κ1) is 12.0. The molecular formula is C15H17N3O. The van der Waals surface area contributed by atoms with E-state index in [1.54, 1.807) is 13.3 Å². The van der Waals surface area contributed by atoms with E-state index in [2.05, 4.69) is 33.8 Å². The van der Waals surface area contributed by atoms with E-state index in [-0.39, 0.29) is 0 Å². The van der Waals surface area contributed by atoms with Crippen LogP contribution in [0.5, 0.6) is 5.88 Å². The molecule has 2 N–H and O–H groups in total. The van der Waals surface area contributed by atoms with Gasteiger partial charge < -0.3 is 15.4 Å². The Morgan fingerprint density at radius 1 is 1.32 bits per heavy atom. The van der Waals surface area contributed by atoms with E-state index in [9.17, 15) is 0 Å². The zero-order chi connectivity index (χ0) is 13.1. The maximum atomic E-state index is 5.14. The first-order chi connectivity index (χ1) is 9.36. The van der Waals surface area contributed by atoms with Gasteiger partial charge in [-0.3, -0.25) is 0 Å². The second kappa shape index (κ2) is 5.28. The average Bonchev–Trinajstić information content (AvgIpc) is 2.48. The van der Waals surface area contributed by atoms with Gasteiger partial charge in [0.05, 0.1) is 7.11 Å². The number of hydrogen-bond donors (Lipinski definition) is 2. The van der Waals surface area contributed by atoms with Crippen LogP contribution in [0.1, 0.15) is 11.1 Å². The molecule has 19 heavy (non-hydrogen) atoms. The van der Waals surface area contributed by atoms with E-state index in [0.29, 0.717) is 5.88 Å². The molecule has 0 saturated carbocycles. The minimum absolute atomic E-state index is 0.622. The highest BCUT2D eigenvalue weighted by Crippen LogP contribution is 2.27. The first-order valence-corrected chi connectivity index (χ1v) is 6.45. The maximum Gasteiger partial charge on any atom is 0.214 e. The SMILES string of the molecule is COc1cc(Nc2cccc3c2CCNC3)ccn1. The minimum Gasteiger partial charge on any atom is -0.481 e. The molecule has 1 aliphatic rings. The summed E-state index contributed by atoms with van der Waals surface area (Å²) in [5, 5.41) is 6.85. The zero-order valence-corrected chi connectivity index (χ0v) is 10.9. The van der Waals surface area contributed by atoms with Crippen molar-refractivity contribution >= 4 is 11.4 Å². The Balaban J connectivity index is 1.90. The maximum absolute atomic E-state index is 5.14. The highest BCUT2D eigenvalue weighted by molar-refractivity contribution is 5.65. The summed E-state index contributed by atoms with van der Waals surface area (Å²) in [6.07, 6.45) is 2.80. The van der Waals surface area contributed by atoms with Crippen molar-refractivity contribution in [2.45, 2.75) is 13.0 Å². The molecule has 3 rings (SSSR count). The molecule has 0 radical (unpaired) electrons. The number of pyridine rings is 1. The summed E-state index contributed by atoms with van der Waals surface area (Å²) < 4.78 is 5.14. The molecule has 0 atom stereocenters. The van der Waals surface area contributed by atoms with Crippen LogP contribution in [0, 0.1) is 0 Å². The van der Waals surface area contributed by atoms with Gasteiger partial charge in [0.15, 0.2) is 0 Å². The third kappa shape index (κ3) is 2.53. The summed E-state index contributed by atoms with van der Waals surface area (Å²) in [6, 6.07) is 10.2. The Kier molecular flexibility index (Phi) is 3.33. The van der Waals surface area contributed by atoms with Crippen LogP contribution in [0.4, 0.5) is 11.4 Å². The largest absolute Gasteiger partial charge is 0.481 e. The van der Waals surface area contributed by atoms with Gasteiger partial charge in [-0.05, 0) is 36.2 Å². The lowest BCUT2D eigenvalue weighted by molar-refractivity contribution is 0.398. The summed E-state index contributed by atoms with van der Waals surface area (Å²) in [7, 11) is 1.63. The molecule has 1 aromatic carbocycles. The lowest BCUT2D eigenvalue weighted by Gasteiger charge is -2.21. The van der Waals surface area contributed by atoms with Crippen molar-refractivity contribution in [1.29, 1.82) is 0 Å². The number of fused-ring (bicyclic) bond motifs is 1. The van der Waals surface area contributed by atoms with Gasteiger partial charge in [0.2, 0.25) is 5.88 Å². The molecule has 0 spiro atoms. The first-order valence-electron chi connectivity index (χ1n) is 6.45. The van der Waals surface area contributed by atoms with E-state index < -0.39 is 0 Å². The van der Waals surface area contributed by atoms with E-state index in [0.717, 1.165) is 25.2 Å². The van der Waals surface area contributed by atoms with Crippen molar-refractivity contribution < 1.29 is 4.74 Å². The van der Waals surface area contributed by atoms with Crippen molar-refractivity contribution in [3.8, 4) is 5.88 Å². The molecular weight excluding hydrogens is 238 g/mol. The summed E-state index contributed by atoms with van der Waals surface area (Å²) in [5.74, 6) is 0.622. The fourth-order valence-electron chi connectivity index (χ4n) is 2.40. The number of benzene rings is 1. The van der Waals surface area contributed by atoms with Gasteiger partial charge >= 0.3 is 0 Å². The lowest BCUT2D eigenvalue weighted by atomic mass is 9.99. The summed E-state index contributed by atoms with van der Waals surface area (Å²) in [4.78, 5) is 4.11. The predicted molar refractivity (Wildman–Crippen MR) is 75.9 cm³/mol. The molecule has 4 nitrogen and oxygen atoms in total. The van der Waals surface area contributed by atoms with E-state index in [1.807, 2.05) is 12.1 Å². The van der Waals surface area contributed by atoms with E-state index >= 15 is 0 Å². The Morgan fingerprint density at radius 2 is 2.26 bits per heavy atom. The Hall–Kier alpha value is -2.07. The van der Waals surface area contributed by atoms with Crippen LogP contribution in [-0.2, 0) is 13.0 Å². The van der Waals surface area contributed by atoms with Crippen LogP contribution in [0.2, 0.25) is 0 Å². The molecule has 0 unspecified atom stereocenters. The van der Waals surface area contributed by atoms with Crippen molar-refractivity contribution in [2.75, 3.05) is 19.0 Å². The Morgan fingerprint density at radius 3 is 3.16 bits per heavy atom. The smallest absolute Gasteiger partial charge is 0.214 e. The number of hydrogen-bond acceptors (Lipinski definition) is 4. The van der Waals surface area contributed by atoms with Crippen LogP contribution in [0.25, 0.3) is 0 Å². The number of ether oxygens (including phenoxy) is 1. The molecule has 1 aromatic heterocycles. The second-order valence-electron chi connectivity index (χ2n) is 4.58. The molecule has 0 aliphatic carbocycles. The Bertz CT molecular complexity index is 583. The van der Waals surface area contributed by atoms with Crippen molar-refractivity contribution in [1.82, 2.24) is 10.3 Å². The summed E-state index contributed by atoms with van der Waals surface area (Å²) in [5.41, 5.74) is 4.94. The van der Waals surface area contributed by atoms with E-state index in [1.165, 1.54) is 16.8 Å². The molecule has 4 heteroatoms. The Labute approximate surface area is 112 Å². The van der Waals surface area contributed by atoms with Gasteiger partial charge in [-0.1, -0.05) is 12.1 Å². The number of methoxy groups -OCH3 is 1. The minimum atomic E-state index is 0.622. The topological polar surface area (TPSA) is 46.2 Å². The standard InChI is InChI=1S/C15H17N3O/c1-19-15-9-12(5-8-17-15)18-14-4-2-3-11-10-16-7-6-13(11)14/h2-5,8-9,16H,6-7,10H2,1H3,(H,17,18). The van der Waals surface area contributed by atoms with Crippen molar-refractivity contribution in [3.05, 3.63) is 47.7 Å². The monoisotopic (exact) mass is 255 g/mol. The molecule has 2 heterocycles. The van der Waals surface area contributed by atoms with Crippen molar-refractivity contribution in [2.24, 2.45) is 0 Å². The number of rotatable bonds is 3. The number of anilines is 2. The fourth-order valence-corrected chi connectivity index (χ4v) is 2.40. The summed E-state index contributed by atoms with van der Waals surface area (Å²) >= 11 is 0. The van der Waals surface area contributed by atoms with Gasteiger partial charge in [0, 0.05) is 30.2 Å². The number of nitrogens with one attached hydrogen (secondary N) is 2. The third-order valence-corrected chi connectivity index (χ3v) is 3.36. The summed E-state index contributed by atoms with van der Waals surface area (Å²) in [6.45, 7) is 1.98.